The number of methoxy groups -OCH3 is 1. The molecule has 0 saturated heterocycles. The standard InChI is InChI=1S/C14H18ClN5OS/c1-21-6-3-7-22-14-19-12(18-13(16)20-14)9-17-11-5-2-4-10(15)8-11/h2,4-5,8,17H,3,6-7,9H2,1H3,(H2,16,18,19,20). The molecule has 0 radical (unpaired) electrons. The Morgan fingerprint density at radius 3 is 2.95 bits per heavy atom. The first-order chi connectivity index (χ1) is 10.7. The largest absolute Gasteiger partial charge is 0.385 e. The summed E-state index contributed by atoms with van der Waals surface area (Å²) < 4.78 is 5.01. The fourth-order valence-corrected chi connectivity index (χ4v) is 2.67. The molecule has 118 valence electrons. The molecule has 0 spiro atoms. The molecule has 0 aliphatic rings. The lowest BCUT2D eigenvalue weighted by Gasteiger charge is -2.07. The van der Waals surface area contributed by atoms with E-state index in [0.29, 0.717) is 22.5 Å². The Morgan fingerprint density at radius 1 is 1.32 bits per heavy atom. The monoisotopic (exact) mass is 339 g/mol. The highest BCUT2D eigenvalue weighted by Gasteiger charge is 2.05. The van der Waals surface area contributed by atoms with Crippen molar-refractivity contribution < 1.29 is 4.74 Å². The van der Waals surface area contributed by atoms with Crippen molar-refractivity contribution in [2.45, 2.75) is 18.1 Å². The number of aromatic nitrogens is 3. The maximum Gasteiger partial charge on any atom is 0.224 e. The number of halogens is 1. The average molecular weight is 340 g/mol. The van der Waals surface area contributed by atoms with Crippen LogP contribution in [0.1, 0.15) is 12.2 Å². The number of nitrogens with two attached hydrogens (primary N) is 1. The molecule has 22 heavy (non-hydrogen) atoms. The average Bonchev–Trinajstić information content (AvgIpc) is 2.49. The number of hydrogen-bond acceptors (Lipinski definition) is 7. The van der Waals surface area contributed by atoms with E-state index in [1.807, 2.05) is 24.3 Å². The van der Waals surface area contributed by atoms with Crippen LogP contribution in [0.15, 0.2) is 29.4 Å². The van der Waals surface area contributed by atoms with E-state index in [4.69, 9.17) is 22.1 Å². The molecule has 1 aromatic carbocycles. The topological polar surface area (TPSA) is 86.0 Å². The van der Waals surface area contributed by atoms with Gasteiger partial charge >= 0.3 is 0 Å². The predicted molar refractivity (Wildman–Crippen MR) is 90.2 cm³/mol. The van der Waals surface area contributed by atoms with Gasteiger partial charge in [0.2, 0.25) is 5.95 Å². The zero-order valence-electron chi connectivity index (χ0n) is 12.3. The molecule has 0 aliphatic heterocycles. The van der Waals surface area contributed by atoms with Gasteiger partial charge < -0.3 is 15.8 Å². The Labute approximate surface area is 138 Å². The molecule has 0 saturated carbocycles. The molecule has 0 atom stereocenters. The summed E-state index contributed by atoms with van der Waals surface area (Å²) in [6.45, 7) is 1.18. The van der Waals surface area contributed by atoms with Crippen molar-refractivity contribution in [1.29, 1.82) is 0 Å². The molecule has 0 unspecified atom stereocenters. The van der Waals surface area contributed by atoms with Gasteiger partial charge in [0.05, 0.1) is 6.54 Å². The second-order valence-corrected chi connectivity index (χ2v) is 5.95. The highest BCUT2D eigenvalue weighted by Crippen LogP contribution is 2.17. The summed E-state index contributed by atoms with van der Waals surface area (Å²) in [5.74, 6) is 1.70. The first-order valence-corrected chi connectivity index (χ1v) is 8.15. The molecule has 1 aromatic heterocycles. The first kappa shape index (κ1) is 16.8. The number of rotatable bonds is 8. The number of anilines is 2. The van der Waals surface area contributed by atoms with E-state index < -0.39 is 0 Å². The van der Waals surface area contributed by atoms with Crippen LogP contribution in [0.5, 0.6) is 0 Å². The normalized spacial score (nSPS) is 10.6. The smallest absolute Gasteiger partial charge is 0.224 e. The van der Waals surface area contributed by atoms with Gasteiger partial charge in [-0.05, 0) is 24.6 Å². The van der Waals surface area contributed by atoms with E-state index in [1.54, 1.807) is 18.9 Å². The quantitative estimate of drug-likeness (QED) is 0.565. The summed E-state index contributed by atoms with van der Waals surface area (Å²) in [5.41, 5.74) is 6.64. The van der Waals surface area contributed by atoms with Gasteiger partial charge in [0.15, 0.2) is 11.0 Å². The second-order valence-electron chi connectivity index (χ2n) is 4.45. The maximum atomic E-state index is 5.95. The van der Waals surface area contributed by atoms with Crippen molar-refractivity contribution in [3.8, 4) is 0 Å². The SMILES string of the molecule is COCCCSc1nc(N)nc(CNc2cccc(Cl)c2)n1. The molecule has 8 heteroatoms. The molecule has 1 heterocycles. The zero-order valence-corrected chi connectivity index (χ0v) is 13.8. The van der Waals surface area contributed by atoms with Crippen molar-refractivity contribution in [3.63, 3.8) is 0 Å². The van der Waals surface area contributed by atoms with Gasteiger partial charge in [-0.1, -0.05) is 29.4 Å². The summed E-state index contributed by atoms with van der Waals surface area (Å²) in [4.78, 5) is 12.7. The molecular formula is C14H18ClN5OS. The summed E-state index contributed by atoms with van der Waals surface area (Å²) in [7, 11) is 1.69. The lowest BCUT2D eigenvalue weighted by molar-refractivity contribution is 0.200. The minimum absolute atomic E-state index is 0.229. The number of hydrogen-bond donors (Lipinski definition) is 2. The van der Waals surface area contributed by atoms with Crippen LogP contribution in [0, 0.1) is 0 Å². The molecule has 0 bridgehead atoms. The molecule has 0 fully saturated rings. The molecule has 2 aromatic rings. The third kappa shape index (κ3) is 5.67. The van der Waals surface area contributed by atoms with E-state index in [1.165, 1.54) is 0 Å². The third-order valence-corrected chi connectivity index (χ3v) is 3.85. The van der Waals surface area contributed by atoms with Crippen LogP contribution >= 0.6 is 23.4 Å². The van der Waals surface area contributed by atoms with Crippen LogP contribution in [0.2, 0.25) is 5.02 Å². The van der Waals surface area contributed by atoms with E-state index in [0.717, 1.165) is 24.5 Å². The Balaban J connectivity index is 1.94. The lowest BCUT2D eigenvalue weighted by Crippen LogP contribution is -2.09. The molecule has 0 aliphatic carbocycles. The summed E-state index contributed by atoms with van der Waals surface area (Å²) in [6, 6.07) is 7.47. The number of nitrogens with one attached hydrogen (secondary N) is 1. The van der Waals surface area contributed by atoms with Crippen LogP contribution in [-0.2, 0) is 11.3 Å². The second kappa shape index (κ2) is 8.77. The number of thioether (sulfide) groups is 1. The number of nitrogens with zero attached hydrogens (tertiary/aromatic N) is 3. The Kier molecular flexibility index (Phi) is 6.70. The zero-order chi connectivity index (χ0) is 15.8. The van der Waals surface area contributed by atoms with Crippen LogP contribution in [0.4, 0.5) is 11.6 Å². The van der Waals surface area contributed by atoms with Crippen LogP contribution < -0.4 is 11.1 Å². The number of nitrogen functional groups attached to an aromatic ring is 1. The first-order valence-electron chi connectivity index (χ1n) is 6.79. The fourth-order valence-electron chi connectivity index (χ4n) is 1.71. The summed E-state index contributed by atoms with van der Waals surface area (Å²) in [6.07, 6.45) is 0.933. The Bertz CT molecular complexity index is 614. The minimum atomic E-state index is 0.229. The van der Waals surface area contributed by atoms with Crippen molar-refractivity contribution in [1.82, 2.24) is 15.0 Å². The van der Waals surface area contributed by atoms with Crippen LogP contribution in [0.3, 0.4) is 0 Å². The van der Waals surface area contributed by atoms with Gasteiger partial charge in [0.25, 0.3) is 0 Å². The predicted octanol–water partition coefficient (Wildman–Crippen LogP) is 2.85. The van der Waals surface area contributed by atoms with Gasteiger partial charge in [-0.15, -0.1) is 0 Å². The van der Waals surface area contributed by atoms with Crippen LogP contribution in [-0.4, -0.2) is 34.4 Å². The third-order valence-electron chi connectivity index (χ3n) is 2.68. The lowest BCUT2D eigenvalue weighted by atomic mass is 10.3. The van der Waals surface area contributed by atoms with E-state index in [-0.39, 0.29) is 5.95 Å². The van der Waals surface area contributed by atoms with E-state index in [9.17, 15) is 0 Å². The molecule has 3 N–H and O–H groups in total. The van der Waals surface area contributed by atoms with Gasteiger partial charge in [-0.25, -0.2) is 4.98 Å². The van der Waals surface area contributed by atoms with Gasteiger partial charge in [0, 0.05) is 30.2 Å². The van der Waals surface area contributed by atoms with Gasteiger partial charge in [-0.2, -0.15) is 9.97 Å². The van der Waals surface area contributed by atoms with Crippen molar-refractivity contribution in [2.75, 3.05) is 30.5 Å². The van der Waals surface area contributed by atoms with Crippen molar-refractivity contribution >= 4 is 35.0 Å². The van der Waals surface area contributed by atoms with Crippen molar-refractivity contribution in [3.05, 3.63) is 35.1 Å². The molecular weight excluding hydrogens is 322 g/mol. The fraction of sp³-hybridized carbons (Fsp3) is 0.357. The Morgan fingerprint density at radius 2 is 2.18 bits per heavy atom. The van der Waals surface area contributed by atoms with E-state index >= 15 is 0 Å². The maximum absolute atomic E-state index is 5.95. The summed E-state index contributed by atoms with van der Waals surface area (Å²) >= 11 is 7.49. The molecule has 0 amide bonds. The number of benzene rings is 1. The highest BCUT2D eigenvalue weighted by atomic mass is 35.5. The van der Waals surface area contributed by atoms with E-state index in [2.05, 4.69) is 20.3 Å². The molecule has 6 nitrogen and oxygen atoms in total. The van der Waals surface area contributed by atoms with Gasteiger partial charge in [-0.3, -0.25) is 0 Å². The Hall–Kier alpha value is -1.57. The van der Waals surface area contributed by atoms with Crippen molar-refractivity contribution in [2.24, 2.45) is 0 Å². The molecule has 2 rings (SSSR count). The highest BCUT2D eigenvalue weighted by molar-refractivity contribution is 7.99. The van der Waals surface area contributed by atoms with Crippen LogP contribution in [0.25, 0.3) is 0 Å². The number of ether oxygens (including phenoxy) is 1. The van der Waals surface area contributed by atoms with Gasteiger partial charge in [0.1, 0.15) is 0 Å². The summed E-state index contributed by atoms with van der Waals surface area (Å²) in [5, 5.41) is 4.52. The minimum Gasteiger partial charge on any atom is -0.385 e.